The largest absolute Gasteiger partial charge is 0.188 e. The summed E-state index contributed by atoms with van der Waals surface area (Å²) in [5.41, 5.74) is 0.488. The average molecular weight is 202 g/mol. The molecule has 0 fully saturated rings. The molecule has 80 valence electrons. The fourth-order valence-corrected chi connectivity index (χ4v) is 2.19. The lowest BCUT2D eigenvalue weighted by atomic mass is 9.91. The maximum Gasteiger partial charge on any atom is 0.00201 e. The summed E-state index contributed by atoms with van der Waals surface area (Å²) in [5, 5.41) is 0. The molecule has 0 nitrogen and oxygen atoms in total. The Balaban J connectivity index is 3.74. The van der Waals surface area contributed by atoms with E-state index in [4.69, 9.17) is 0 Å². The van der Waals surface area contributed by atoms with E-state index in [0.29, 0.717) is 20.6 Å². The van der Waals surface area contributed by atoms with E-state index >= 15 is 0 Å². The highest BCUT2D eigenvalue weighted by Crippen LogP contribution is 2.32. The van der Waals surface area contributed by atoms with E-state index in [9.17, 15) is 0 Å². The smallest absolute Gasteiger partial charge is 0.00201 e. The van der Waals surface area contributed by atoms with Crippen LogP contribution in [-0.2, 0) is 0 Å². The van der Waals surface area contributed by atoms with Crippen molar-refractivity contribution in [3.63, 3.8) is 0 Å². The highest BCUT2D eigenvalue weighted by molar-refractivity contribution is 8.15. The third-order valence-corrected chi connectivity index (χ3v) is 4.70. The van der Waals surface area contributed by atoms with Gasteiger partial charge in [0, 0.05) is 4.75 Å². The van der Waals surface area contributed by atoms with E-state index in [0.717, 1.165) is 0 Å². The zero-order valence-electron chi connectivity index (χ0n) is 10.2. The summed E-state index contributed by atoms with van der Waals surface area (Å²) in [6.07, 6.45) is 2.65. The second-order valence-electron chi connectivity index (χ2n) is 5.97. The molecule has 0 amide bonds. The molecular weight excluding hydrogens is 176 g/mol. The molecule has 0 aromatic rings. The zero-order valence-corrected chi connectivity index (χ0v) is 11.1. The zero-order chi connectivity index (χ0) is 10.7. The molecule has 0 aliphatic heterocycles. The number of hydrogen-bond acceptors (Lipinski definition) is 0. The summed E-state index contributed by atoms with van der Waals surface area (Å²) in [6.45, 7) is 13.8. The quantitative estimate of drug-likeness (QED) is 0.598. The first-order valence-electron chi connectivity index (χ1n) is 5.14. The molecule has 0 aromatic heterocycles. The van der Waals surface area contributed by atoms with Crippen molar-refractivity contribution in [3.8, 4) is 0 Å². The van der Waals surface area contributed by atoms with Gasteiger partial charge < -0.3 is 0 Å². The van der Waals surface area contributed by atoms with E-state index in [-0.39, 0.29) is 0 Å². The molecule has 0 aliphatic rings. The van der Waals surface area contributed by atoms with Crippen molar-refractivity contribution in [2.24, 2.45) is 5.41 Å². The van der Waals surface area contributed by atoms with Crippen LogP contribution in [0.3, 0.4) is 0 Å². The SMILES string of the molecule is C=S(CCCC(C)(C)C)C(C)(C)C. The fourth-order valence-electron chi connectivity index (χ4n) is 1.08. The molecule has 0 heterocycles. The van der Waals surface area contributed by atoms with Crippen LogP contribution < -0.4 is 0 Å². The fraction of sp³-hybridized carbons (Fsp3) is 0.917. The molecule has 1 heteroatoms. The highest BCUT2D eigenvalue weighted by Gasteiger charge is 2.15. The number of rotatable bonds is 3. The Morgan fingerprint density at radius 1 is 1.00 bits per heavy atom. The molecule has 0 saturated heterocycles. The lowest BCUT2D eigenvalue weighted by molar-refractivity contribution is 0.374. The second-order valence-corrected chi connectivity index (χ2v) is 8.59. The first-order valence-corrected chi connectivity index (χ1v) is 6.70. The van der Waals surface area contributed by atoms with Crippen molar-refractivity contribution in [2.75, 3.05) is 5.75 Å². The Morgan fingerprint density at radius 2 is 1.46 bits per heavy atom. The highest BCUT2D eigenvalue weighted by atomic mass is 32.2. The molecule has 0 aliphatic carbocycles. The third kappa shape index (κ3) is 7.30. The standard InChI is InChI=1S/C12H26S/c1-11(2,3)9-8-10-13(7)12(4,5)6/h7-10H2,1-6H3. The van der Waals surface area contributed by atoms with Crippen molar-refractivity contribution in [1.82, 2.24) is 0 Å². The molecule has 1 unspecified atom stereocenters. The van der Waals surface area contributed by atoms with Gasteiger partial charge in [-0.15, -0.1) is 0 Å². The van der Waals surface area contributed by atoms with Crippen LogP contribution >= 0.6 is 10.5 Å². The van der Waals surface area contributed by atoms with Crippen molar-refractivity contribution in [3.05, 3.63) is 0 Å². The van der Waals surface area contributed by atoms with Crippen LogP contribution in [0, 0.1) is 5.41 Å². The Kier molecular flexibility index (Phi) is 4.71. The molecule has 0 saturated carbocycles. The minimum Gasteiger partial charge on any atom is -0.188 e. The Hall–Kier alpha value is 0.220. The van der Waals surface area contributed by atoms with Crippen LogP contribution in [0.5, 0.6) is 0 Å². The normalized spacial score (nSPS) is 15.8. The predicted molar refractivity (Wildman–Crippen MR) is 68.0 cm³/mol. The van der Waals surface area contributed by atoms with E-state index in [2.05, 4.69) is 47.4 Å². The van der Waals surface area contributed by atoms with Gasteiger partial charge in [-0.2, -0.15) is 10.5 Å². The molecular formula is C12H26S. The Labute approximate surface area is 87.0 Å². The van der Waals surface area contributed by atoms with Gasteiger partial charge in [0.1, 0.15) is 0 Å². The average Bonchev–Trinajstić information content (AvgIpc) is 1.82. The summed E-state index contributed by atoms with van der Waals surface area (Å²) >= 11 is 0. The van der Waals surface area contributed by atoms with Gasteiger partial charge in [0.2, 0.25) is 0 Å². The summed E-state index contributed by atoms with van der Waals surface area (Å²) in [5.74, 6) is 5.55. The molecule has 0 bridgehead atoms. The van der Waals surface area contributed by atoms with Crippen LogP contribution in [0.1, 0.15) is 54.4 Å². The minimum absolute atomic E-state index is 0.328. The van der Waals surface area contributed by atoms with E-state index in [1.165, 1.54) is 18.6 Å². The Bertz CT molecular complexity index is 167. The molecule has 0 radical (unpaired) electrons. The maximum atomic E-state index is 4.26. The lowest BCUT2D eigenvalue weighted by Crippen LogP contribution is -2.13. The van der Waals surface area contributed by atoms with Gasteiger partial charge in [-0.1, -0.05) is 47.4 Å². The summed E-state index contributed by atoms with van der Waals surface area (Å²) in [6, 6.07) is 0. The van der Waals surface area contributed by atoms with Gasteiger partial charge >= 0.3 is 0 Å². The van der Waals surface area contributed by atoms with Crippen LogP contribution in [0.2, 0.25) is 0 Å². The number of hydrogen-bond donors (Lipinski definition) is 0. The van der Waals surface area contributed by atoms with Crippen molar-refractivity contribution >= 4 is 16.4 Å². The van der Waals surface area contributed by atoms with E-state index < -0.39 is 0 Å². The lowest BCUT2D eigenvalue weighted by Gasteiger charge is -2.25. The van der Waals surface area contributed by atoms with Gasteiger partial charge in [0.05, 0.1) is 0 Å². The maximum absolute atomic E-state index is 4.26. The second kappa shape index (κ2) is 4.63. The van der Waals surface area contributed by atoms with Crippen LogP contribution in [0.4, 0.5) is 0 Å². The molecule has 0 aromatic carbocycles. The van der Waals surface area contributed by atoms with Gasteiger partial charge in [0.15, 0.2) is 0 Å². The van der Waals surface area contributed by atoms with E-state index in [1.807, 2.05) is 0 Å². The third-order valence-electron chi connectivity index (χ3n) is 2.18. The molecule has 0 N–H and O–H groups in total. The molecule has 1 atom stereocenters. The van der Waals surface area contributed by atoms with Crippen LogP contribution in [0.25, 0.3) is 0 Å². The first kappa shape index (κ1) is 13.2. The van der Waals surface area contributed by atoms with Crippen molar-refractivity contribution < 1.29 is 0 Å². The Morgan fingerprint density at radius 3 is 1.77 bits per heavy atom. The van der Waals surface area contributed by atoms with E-state index in [1.54, 1.807) is 0 Å². The molecule has 13 heavy (non-hydrogen) atoms. The minimum atomic E-state index is 0.328. The summed E-state index contributed by atoms with van der Waals surface area (Å²) in [7, 11) is 0.328. The first-order chi connectivity index (χ1) is 5.63. The summed E-state index contributed by atoms with van der Waals surface area (Å²) < 4.78 is 0.401. The van der Waals surface area contributed by atoms with Crippen LogP contribution in [0.15, 0.2) is 0 Å². The van der Waals surface area contributed by atoms with Crippen LogP contribution in [-0.4, -0.2) is 16.4 Å². The van der Waals surface area contributed by atoms with Crippen molar-refractivity contribution in [2.45, 2.75) is 59.1 Å². The molecule has 0 rings (SSSR count). The molecule has 0 spiro atoms. The van der Waals surface area contributed by atoms with Crippen molar-refractivity contribution in [1.29, 1.82) is 0 Å². The van der Waals surface area contributed by atoms with Gasteiger partial charge in [-0.3, -0.25) is 0 Å². The van der Waals surface area contributed by atoms with Gasteiger partial charge in [0.25, 0.3) is 0 Å². The van der Waals surface area contributed by atoms with Gasteiger partial charge in [-0.05, 0) is 24.0 Å². The topological polar surface area (TPSA) is 0 Å². The monoisotopic (exact) mass is 202 g/mol. The van der Waals surface area contributed by atoms with Gasteiger partial charge in [-0.25, -0.2) is 0 Å². The predicted octanol–water partition coefficient (Wildman–Crippen LogP) is 4.31. The summed E-state index contributed by atoms with van der Waals surface area (Å²) in [4.78, 5) is 0.